The highest BCUT2D eigenvalue weighted by molar-refractivity contribution is 7.89. The van der Waals surface area contributed by atoms with E-state index in [2.05, 4.69) is 25.3 Å². The molecule has 208 valence electrons. The summed E-state index contributed by atoms with van der Waals surface area (Å²) < 4.78 is 30.3. The van der Waals surface area contributed by atoms with Gasteiger partial charge in [-0.1, -0.05) is 0 Å². The summed E-state index contributed by atoms with van der Waals surface area (Å²) in [4.78, 5) is 41.0. The van der Waals surface area contributed by atoms with Crippen LogP contribution < -0.4 is 20.8 Å². The van der Waals surface area contributed by atoms with Crippen LogP contribution in [0.1, 0.15) is 61.6 Å². The van der Waals surface area contributed by atoms with E-state index in [4.69, 9.17) is 19.8 Å². The number of fused-ring (bicyclic) bond motifs is 1. The van der Waals surface area contributed by atoms with Gasteiger partial charge in [0.15, 0.2) is 17.3 Å². The predicted molar refractivity (Wildman–Crippen MR) is 146 cm³/mol. The molecule has 4 heterocycles. The van der Waals surface area contributed by atoms with Crippen molar-refractivity contribution in [2.45, 2.75) is 62.9 Å². The quantitative estimate of drug-likeness (QED) is 0.305. The molecule has 2 aliphatic rings. The van der Waals surface area contributed by atoms with Gasteiger partial charge in [-0.05, 0) is 57.6 Å². The van der Waals surface area contributed by atoms with E-state index in [1.54, 1.807) is 11.7 Å². The molecule has 2 fully saturated rings. The van der Waals surface area contributed by atoms with Crippen LogP contribution >= 0.6 is 0 Å². The molecule has 0 unspecified atom stereocenters. The van der Waals surface area contributed by atoms with Gasteiger partial charge in [-0.25, -0.2) is 38.5 Å². The number of hydrogen-bond donors (Lipinski definition) is 2. The molecule has 13 nitrogen and oxygen atoms in total. The van der Waals surface area contributed by atoms with E-state index in [9.17, 15) is 13.2 Å². The molecule has 2 saturated carbocycles. The van der Waals surface area contributed by atoms with Crippen molar-refractivity contribution >= 4 is 27.0 Å². The normalized spacial score (nSPS) is 16.2. The van der Waals surface area contributed by atoms with E-state index in [0.29, 0.717) is 51.7 Å². The fraction of sp³-hybridized carbons (Fsp3) is 0.423. The average molecular weight is 564 g/mol. The summed E-state index contributed by atoms with van der Waals surface area (Å²) >= 11 is 0. The Kier molecular flexibility index (Phi) is 6.45. The topological polar surface area (TPSA) is 181 Å². The number of aryl methyl sites for hydroxylation is 1. The molecule has 4 aromatic rings. The number of methoxy groups -OCH3 is 1. The Bertz CT molecular complexity index is 1780. The van der Waals surface area contributed by atoms with Crippen LogP contribution in [0.4, 0.5) is 5.82 Å². The summed E-state index contributed by atoms with van der Waals surface area (Å²) in [6.45, 7) is 4.01. The van der Waals surface area contributed by atoms with E-state index in [1.807, 2.05) is 13.8 Å². The van der Waals surface area contributed by atoms with Gasteiger partial charge >= 0.3 is 0 Å². The molecule has 2 aliphatic carbocycles. The summed E-state index contributed by atoms with van der Waals surface area (Å²) in [5.41, 5.74) is 3.25. The van der Waals surface area contributed by atoms with Crippen molar-refractivity contribution in [3.05, 3.63) is 52.1 Å². The van der Waals surface area contributed by atoms with Crippen molar-refractivity contribution in [1.82, 2.24) is 34.5 Å². The zero-order valence-corrected chi connectivity index (χ0v) is 23.1. The monoisotopic (exact) mass is 563 g/mol. The number of aromatic nitrogens is 7. The van der Waals surface area contributed by atoms with Gasteiger partial charge in [-0.3, -0.25) is 14.3 Å². The lowest BCUT2D eigenvalue weighted by Crippen LogP contribution is -2.30. The smallest absolute Gasteiger partial charge is 0.295 e. The maximum atomic E-state index is 13.8. The summed E-state index contributed by atoms with van der Waals surface area (Å²) in [7, 11) is -2.30. The highest BCUT2D eigenvalue weighted by atomic mass is 32.2. The lowest BCUT2D eigenvalue weighted by atomic mass is 10.1. The average Bonchev–Trinajstić information content (AvgIpc) is 3.84. The molecule has 1 atom stereocenters. The largest absolute Gasteiger partial charge is 0.480 e. The molecule has 6 rings (SSSR count). The number of nitrogens with zero attached hydrogens (tertiary/aromatic N) is 7. The van der Waals surface area contributed by atoms with Gasteiger partial charge in [0.25, 0.3) is 5.56 Å². The third kappa shape index (κ3) is 4.88. The Morgan fingerprint density at radius 2 is 1.90 bits per heavy atom. The Labute approximate surface area is 230 Å². The first kappa shape index (κ1) is 26.2. The molecule has 14 heteroatoms. The number of primary sulfonamides is 1. The zero-order chi connectivity index (χ0) is 28.2. The van der Waals surface area contributed by atoms with E-state index in [-0.39, 0.29) is 28.9 Å². The van der Waals surface area contributed by atoms with Crippen LogP contribution in [-0.2, 0) is 16.6 Å². The minimum absolute atomic E-state index is 0.0884. The number of pyridine rings is 1. The van der Waals surface area contributed by atoms with Crippen molar-refractivity contribution in [3.8, 4) is 17.3 Å². The Balaban J connectivity index is 1.45. The first-order valence-electron chi connectivity index (χ1n) is 13.1. The van der Waals surface area contributed by atoms with Crippen LogP contribution in [0.25, 0.3) is 22.6 Å². The van der Waals surface area contributed by atoms with Gasteiger partial charge in [0, 0.05) is 18.2 Å². The third-order valence-corrected chi connectivity index (χ3v) is 8.31. The first-order chi connectivity index (χ1) is 19.2. The second-order valence-electron chi connectivity index (χ2n) is 10.3. The van der Waals surface area contributed by atoms with Gasteiger partial charge in [-0.2, -0.15) is 0 Å². The molecule has 0 saturated heterocycles. The van der Waals surface area contributed by atoms with Crippen LogP contribution in [0.3, 0.4) is 0 Å². The van der Waals surface area contributed by atoms with Crippen molar-refractivity contribution in [1.29, 1.82) is 0 Å². The summed E-state index contributed by atoms with van der Waals surface area (Å²) in [5, 5.41) is 8.23. The van der Waals surface area contributed by atoms with Crippen molar-refractivity contribution in [2.24, 2.45) is 11.1 Å². The fourth-order valence-electron chi connectivity index (χ4n) is 4.89. The maximum absolute atomic E-state index is 13.8. The molecule has 0 aromatic carbocycles. The lowest BCUT2D eigenvalue weighted by Gasteiger charge is -2.20. The van der Waals surface area contributed by atoms with E-state index >= 15 is 0 Å². The van der Waals surface area contributed by atoms with Crippen molar-refractivity contribution < 1.29 is 13.2 Å². The Morgan fingerprint density at radius 3 is 2.52 bits per heavy atom. The minimum atomic E-state index is -3.85. The van der Waals surface area contributed by atoms with Gasteiger partial charge in [0.1, 0.15) is 22.3 Å². The van der Waals surface area contributed by atoms with Gasteiger partial charge in [0.2, 0.25) is 15.9 Å². The predicted octanol–water partition coefficient (Wildman–Crippen LogP) is 2.46. The molecule has 0 amide bonds. The van der Waals surface area contributed by atoms with Crippen molar-refractivity contribution in [2.75, 3.05) is 12.4 Å². The molecule has 40 heavy (non-hydrogen) atoms. The maximum Gasteiger partial charge on any atom is 0.295 e. The summed E-state index contributed by atoms with van der Waals surface area (Å²) in [5.74, 6) is 1.60. The van der Waals surface area contributed by atoms with E-state index < -0.39 is 10.0 Å². The van der Waals surface area contributed by atoms with Gasteiger partial charge in [0.05, 0.1) is 30.7 Å². The third-order valence-electron chi connectivity index (χ3n) is 7.41. The van der Waals surface area contributed by atoms with Gasteiger partial charge < -0.3 is 10.1 Å². The minimum Gasteiger partial charge on any atom is -0.480 e. The van der Waals surface area contributed by atoms with Gasteiger partial charge in [-0.15, -0.1) is 0 Å². The van der Waals surface area contributed by atoms with Crippen LogP contribution in [-0.4, -0.2) is 50.0 Å². The molecular formula is C26H29N9O4S. The van der Waals surface area contributed by atoms with E-state index in [0.717, 1.165) is 31.4 Å². The van der Waals surface area contributed by atoms with Crippen LogP contribution in [0.2, 0.25) is 0 Å². The summed E-state index contributed by atoms with van der Waals surface area (Å²) in [6, 6.07) is 2.80. The number of rotatable bonds is 9. The van der Waals surface area contributed by atoms with Crippen molar-refractivity contribution in [3.63, 3.8) is 0 Å². The number of nitrogens with one attached hydrogen (secondary N) is 1. The Hall–Kier alpha value is -4.04. The SMILES string of the molecule is COc1ncnc(C2CC2)c1-c1nc(C)c2nc(NCc3ccc(S(N)(=O)=O)cn3)c(=O)n([C@@H](C)C3CC3)c2n1. The zero-order valence-electron chi connectivity index (χ0n) is 22.3. The molecule has 4 aromatic heterocycles. The number of sulfonamides is 1. The lowest BCUT2D eigenvalue weighted by molar-refractivity contribution is 0.397. The second-order valence-corrected chi connectivity index (χ2v) is 11.9. The molecule has 3 N–H and O–H groups in total. The van der Waals surface area contributed by atoms with E-state index in [1.165, 1.54) is 24.7 Å². The second kappa shape index (κ2) is 9.86. The van der Waals surface area contributed by atoms with Crippen LogP contribution in [0.5, 0.6) is 5.88 Å². The molecule has 0 aliphatic heterocycles. The molecule has 0 radical (unpaired) electrons. The number of ether oxygens (including phenoxy) is 1. The number of hydrogen-bond acceptors (Lipinski definition) is 11. The van der Waals surface area contributed by atoms with Crippen LogP contribution in [0, 0.1) is 12.8 Å². The highest BCUT2D eigenvalue weighted by Gasteiger charge is 2.34. The number of nitrogens with two attached hydrogens (primary N) is 1. The number of anilines is 1. The molecule has 0 spiro atoms. The fourth-order valence-corrected chi connectivity index (χ4v) is 5.34. The molecule has 0 bridgehead atoms. The Morgan fingerprint density at radius 1 is 1.12 bits per heavy atom. The molecular weight excluding hydrogens is 534 g/mol. The first-order valence-corrected chi connectivity index (χ1v) is 14.6. The van der Waals surface area contributed by atoms with Crippen LogP contribution in [0.15, 0.2) is 34.3 Å². The standard InChI is InChI=1S/C26H29N9O4S/c1-13-20-24(34-22(32-13)19-21(16-6-7-16)30-12-31-25(19)39-3)35(14(2)15-4-5-15)26(36)23(33-20)29-10-17-8-9-18(11-28-17)40(27,37)38/h8-9,11-12,14-16H,4-7,10H2,1-3H3,(H,29,33)(H2,27,37,38)/t14-/m0/s1. The summed E-state index contributed by atoms with van der Waals surface area (Å²) in [6.07, 6.45) is 6.79. The highest BCUT2D eigenvalue weighted by Crippen LogP contribution is 2.45.